The Balaban J connectivity index is 0.00000400. The van der Waals surface area contributed by atoms with E-state index in [-0.39, 0.29) is 35.5 Å². The van der Waals surface area contributed by atoms with Gasteiger partial charge in [-0.15, -0.1) is 0 Å². The van der Waals surface area contributed by atoms with E-state index in [0.717, 1.165) is 19.3 Å². The SMILES string of the molecule is CCCC/C=C/CCOC(=O)C1CCCCC1C(=O)[O-].[Na+]. The molecule has 0 bridgehead atoms. The van der Waals surface area contributed by atoms with Gasteiger partial charge in [-0.1, -0.05) is 44.8 Å². The fourth-order valence-electron chi connectivity index (χ4n) is 2.59. The van der Waals surface area contributed by atoms with E-state index in [1.54, 1.807) is 0 Å². The van der Waals surface area contributed by atoms with Gasteiger partial charge < -0.3 is 14.6 Å². The number of carboxylic acids is 1. The summed E-state index contributed by atoms with van der Waals surface area (Å²) in [6, 6.07) is 0. The van der Waals surface area contributed by atoms with Crippen molar-refractivity contribution in [1.82, 2.24) is 0 Å². The molecule has 114 valence electrons. The van der Waals surface area contributed by atoms with E-state index in [9.17, 15) is 14.7 Å². The molecule has 1 saturated carbocycles. The van der Waals surface area contributed by atoms with Gasteiger partial charge in [0.1, 0.15) is 0 Å². The number of hydrogen-bond acceptors (Lipinski definition) is 4. The summed E-state index contributed by atoms with van der Waals surface area (Å²) in [6.45, 7) is 2.48. The molecule has 1 aliphatic rings. The van der Waals surface area contributed by atoms with E-state index in [4.69, 9.17) is 4.74 Å². The number of rotatable bonds is 8. The summed E-state index contributed by atoms with van der Waals surface area (Å²) in [5.41, 5.74) is 0. The molecule has 0 aromatic carbocycles. The normalized spacial score (nSPS) is 21.8. The van der Waals surface area contributed by atoms with Crippen LogP contribution in [0.1, 0.15) is 58.3 Å². The first-order valence-electron chi connectivity index (χ1n) is 7.69. The van der Waals surface area contributed by atoms with Gasteiger partial charge in [-0.2, -0.15) is 0 Å². The monoisotopic (exact) mass is 304 g/mol. The van der Waals surface area contributed by atoms with Crippen molar-refractivity contribution >= 4 is 11.9 Å². The summed E-state index contributed by atoms with van der Waals surface area (Å²) in [4.78, 5) is 22.9. The maximum atomic E-state index is 11.9. The van der Waals surface area contributed by atoms with E-state index in [2.05, 4.69) is 13.0 Å². The molecule has 0 N–H and O–H groups in total. The molecule has 21 heavy (non-hydrogen) atoms. The van der Waals surface area contributed by atoms with Crippen LogP contribution in [0.2, 0.25) is 0 Å². The molecular weight excluding hydrogens is 279 g/mol. The van der Waals surface area contributed by atoms with Crippen LogP contribution in [0, 0.1) is 11.8 Å². The third kappa shape index (κ3) is 8.03. The van der Waals surface area contributed by atoms with E-state index in [1.807, 2.05) is 6.08 Å². The van der Waals surface area contributed by atoms with Crippen LogP contribution in [0.15, 0.2) is 12.2 Å². The van der Waals surface area contributed by atoms with E-state index < -0.39 is 17.8 Å². The number of aliphatic carboxylic acids is 1. The van der Waals surface area contributed by atoms with Crippen molar-refractivity contribution < 1.29 is 49.0 Å². The summed E-state index contributed by atoms with van der Waals surface area (Å²) in [5, 5.41) is 11.0. The number of esters is 1. The first-order valence-corrected chi connectivity index (χ1v) is 7.69. The number of carbonyl (C=O) groups is 2. The predicted octanol–water partition coefficient (Wildman–Crippen LogP) is -0.774. The summed E-state index contributed by atoms with van der Waals surface area (Å²) in [7, 11) is 0. The first kappa shape index (κ1) is 20.7. The van der Waals surface area contributed by atoms with Crippen molar-refractivity contribution in [2.24, 2.45) is 11.8 Å². The zero-order chi connectivity index (χ0) is 14.8. The molecule has 0 radical (unpaired) electrons. The van der Waals surface area contributed by atoms with Crippen LogP contribution in [-0.2, 0) is 14.3 Å². The number of hydrogen-bond donors (Lipinski definition) is 0. The standard InChI is InChI=1S/C16H26O4.Na/c1-2-3-4-5-6-9-12-20-16(19)14-11-8-7-10-13(14)15(17)18;/h5-6,13-14H,2-4,7-12H2,1H3,(H,17,18);/q;+1/p-1/b6-5+;. The average Bonchev–Trinajstić information content (AvgIpc) is 2.46. The fraction of sp³-hybridized carbons (Fsp3) is 0.750. The van der Waals surface area contributed by atoms with Gasteiger partial charge in [-0.25, -0.2) is 0 Å². The largest absolute Gasteiger partial charge is 1.00 e. The average molecular weight is 304 g/mol. The molecule has 0 spiro atoms. The molecule has 0 heterocycles. The molecule has 0 saturated heterocycles. The maximum absolute atomic E-state index is 11.9. The molecule has 1 aliphatic carbocycles. The van der Waals surface area contributed by atoms with Gasteiger partial charge in [0.15, 0.2) is 0 Å². The molecular formula is C16H25NaO4. The Morgan fingerprint density at radius 2 is 1.76 bits per heavy atom. The van der Waals surface area contributed by atoms with Crippen LogP contribution in [0.5, 0.6) is 0 Å². The molecule has 0 aromatic heterocycles. The first-order chi connectivity index (χ1) is 9.66. The topological polar surface area (TPSA) is 66.4 Å². The van der Waals surface area contributed by atoms with Gasteiger partial charge in [0, 0.05) is 11.9 Å². The van der Waals surface area contributed by atoms with Crippen molar-refractivity contribution in [3.05, 3.63) is 12.2 Å². The third-order valence-electron chi connectivity index (χ3n) is 3.79. The van der Waals surface area contributed by atoms with Crippen LogP contribution < -0.4 is 34.7 Å². The molecule has 1 rings (SSSR count). The van der Waals surface area contributed by atoms with Gasteiger partial charge in [-0.05, 0) is 25.7 Å². The summed E-state index contributed by atoms with van der Waals surface area (Å²) >= 11 is 0. The number of allylic oxidation sites excluding steroid dienone is 1. The van der Waals surface area contributed by atoms with Crippen LogP contribution in [-0.4, -0.2) is 18.5 Å². The second kappa shape index (κ2) is 12.2. The van der Waals surface area contributed by atoms with Gasteiger partial charge in [0.05, 0.1) is 12.5 Å². The molecule has 2 atom stereocenters. The smallest absolute Gasteiger partial charge is 0.550 e. The van der Waals surface area contributed by atoms with E-state index in [0.29, 0.717) is 25.9 Å². The zero-order valence-electron chi connectivity index (χ0n) is 13.3. The van der Waals surface area contributed by atoms with E-state index >= 15 is 0 Å². The minimum absolute atomic E-state index is 0. The van der Waals surface area contributed by atoms with Crippen molar-refractivity contribution in [2.75, 3.05) is 6.61 Å². The van der Waals surface area contributed by atoms with Crippen molar-refractivity contribution in [3.8, 4) is 0 Å². The molecule has 2 unspecified atom stereocenters. The zero-order valence-corrected chi connectivity index (χ0v) is 15.3. The van der Waals surface area contributed by atoms with E-state index in [1.165, 1.54) is 12.8 Å². The Bertz CT molecular complexity index is 341. The molecule has 0 amide bonds. The van der Waals surface area contributed by atoms with Crippen LogP contribution >= 0.6 is 0 Å². The number of ether oxygens (including phenoxy) is 1. The van der Waals surface area contributed by atoms with Gasteiger partial charge in [-0.3, -0.25) is 4.79 Å². The summed E-state index contributed by atoms with van der Waals surface area (Å²) in [5.74, 6) is -2.68. The Kier molecular flexibility index (Phi) is 12.1. The predicted molar refractivity (Wildman–Crippen MR) is 74.7 cm³/mol. The van der Waals surface area contributed by atoms with Crippen molar-refractivity contribution in [2.45, 2.75) is 58.3 Å². The minimum Gasteiger partial charge on any atom is -0.550 e. The number of unbranched alkanes of at least 4 members (excludes halogenated alkanes) is 2. The Morgan fingerprint density at radius 3 is 2.38 bits per heavy atom. The Labute approximate surface area is 149 Å². The molecule has 1 fully saturated rings. The summed E-state index contributed by atoms with van der Waals surface area (Å²) < 4.78 is 5.19. The minimum atomic E-state index is -1.12. The second-order valence-corrected chi connectivity index (χ2v) is 5.39. The van der Waals surface area contributed by atoms with Crippen molar-refractivity contribution in [1.29, 1.82) is 0 Å². The number of carboxylic acid groups (broad SMARTS) is 1. The molecule has 0 aromatic rings. The summed E-state index contributed by atoms with van der Waals surface area (Å²) in [6.07, 6.45) is 11.1. The van der Waals surface area contributed by atoms with Crippen molar-refractivity contribution in [3.63, 3.8) is 0 Å². The Morgan fingerprint density at radius 1 is 1.14 bits per heavy atom. The second-order valence-electron chi connectivity index (χ2n) is 5.39. The molecule has 0 aliphatic heterocycles. The third-order valence-corrected chi connectivity index (χ3v) is 3.79. The van der Waals surface area contributed by atoms with Crippen LogP contribution in [0.3, 0.4) is 0 Å². The van der Waals surface area contributed by atoms with Gasteiger partial charge in [0.25, 0.3) is 0 Å². The number of carbonyl (C=O) groups excluding carboxylic acids is 2. The molecule has 4 nitrogen and oxygen atoms in total. The van der Waals surface area contributed by atoms with Crippen LogP contribution in [0.4, 0.5) is 0 Å². The Hall–Kier alpha value is -0.320. The maximum Gasteiger partial charge on any atom is 1.00 e. The van der Waals surface area contributed by atoms with Crippen LogP contribution in [0.25, 0.3) is 0 Å². The fourth-order valence-corrected chi connectivity index (χ4v) is 2.59. The molecule has 5 heteroatoms. The van der Waals surface area contributed by atoms with Gasteiger partial charge >= 0.3 is 35.5 Å². The van der Waals surface area contributed by atoms with Gasteiger partial charge in [0.2, 0.25) is 0 Å². The quantitative estimate of drug-likeness (QED) is 0.255.